The van der Waals surface area contributed by atoms with Gasteiger partial charge in [0.15, 0.2) is 0 Å². The van der Waals surface area contributed by atoms with Crippen LogP contribution in [0.5, 0.6) is 0 Å². The zero-order valence-electron chi connectivity index (χ0n) is 10.9. The average molecular weight is 244 g/mol. The Kier molecular flexibility index (Phi) is 3.30. The van der Waals surface area contributed by atoms with E-state index in [0.29, 0.717) is 0 Å². The first-order valence-electron chi connectivity index (χ1n) is 6.73. The third-order valence-corrected chi connectivity index (χ3v) is 3.83. The van der Waals surface area contributed by atoms with Crippen molar-refractivity contribution in [1.29, 1.82) is 0 Å². The first kappa shape index (κ1) is 11.7. The van der Waals surface area contributed by atoms with Crippen molar-refractivity contribution in [2.75, 3.05) is 32.7 Å². The number of hydrogen-bond acceptors (Lipinski definition) is 3. The minimum absolute atomic E-state index is 0.960. The van der Waals surface area contributed by atoms with Crippen LogP contribution < -0.4 is 0 Å². The van der Waals surface area contributed by atoms with Gasteiger partial charge in [-0.3, -0.25) is 10.00 Å². The van der Waals surface area contributed by atoms with E-state index in [1.165, 1.54) is 30.7 Å². The maximum absolute atomic E-state index is 4.45. The molecule has 2 aromatic rings. The number of fused-ring (bicyclic) bond motifs is 1. The third kappa shape index (κ3) is 2.26. The first-order valence-corrected chi connectivity index (χ1v) is 6.73. The SMILES string of the molecule is CCN1CCN(Cc2n[nH]c3ccccc23)CC1. The summed E-state index contributed by atoms with van der Waals surface area (Å²) in [5.74, 6) is 0. The van der Waals surface area contributed by atoms with Gasteiger partial charge in [-0.2, -0.15) is 5.10 Å². The lowest BCUT2D eigenvalue weighted by Gasteiger charge is -2.33. The number of aromatic amines is 1. The van der Waals surface area contributed by atoms with E-state index in [1.54, 1.807) is 0 Å². The second kappa shape index (κ2) is 5.08. The molecule has 0 atom stereocenters. The van der Waals surface area contributed by atoms with Crippen LogP contribution in [-0.2, 0) is 6.54 Å². The highest BCUT2D eigenvalue weighted by Crippen LogP contribution is 2.17. The second-order valence-corrected chi connectivity index (χ2v) is 4.93. The number of likely N-dealkylation sites (N-methyl/N-ethyl adjacent to an activating group) is 1. The van der Waals surface area contributed by atoms with Gasteiger partial charge in [-0.1, -0.05) is 25.1 Å². The van der Waals surface area contributed by atoms with Gasteiger partial charge in [0.05, 0.1) is 11.2 Å². The minimum atomic E-state index is 0.960. The number of benzene rings is 1. The highest BCUT2D eigenvalue weighted by atomic mass is 15.3. The smallest absolute Gasteiger partial charge is 0.0840 e. The molecule has 0 unspecified atom stereocenters. The predicted octanol–water partition coefficient (Wildman–Crippen LogP) is 1.70. The number of H-pyrrole nitrogens is 1. The summed E-state index contributed by atoms with van der Waals surface area (Å²) < 4.78 is 0. The molecule has 18 heavy (non-hydrogen) atoms. The molecule has 3 rings (SSSR count). The summed E-state index contributed by atoms with van der Waals surface area (Å²) in [5.41, 5.74) is 2.32. The van der Waals surface area contributed by atoms with Gasteiger partial charge < -0.3 is 4.90 Å². The highest BCUT2D eigenvalue weighted by molar-refractivity contribution is 5.81. The Bertz CT molecular complexity index is 511. The Labute approximate surface area is 108 Å². The number of nitrogens with one attached hydrogen (secondary N) is 1. The largest absolute Gasteiger partial charge is 0.301 e. The third-order valence-electron chi connectivity index (χ3n) is 3.83. The van der Waals surface area contributed by atoms with E-state index in [-0.39, 0.29) is 0 Å². The van der Waals surface area contributed by atoms with Crippen LogP contribution in [0, 0.1) is 0 Å². The van der Waals surface area contributed by atoms with E-state index in [2.05, 4.69) is 45.1 Å². The second-order valence-electron chi connectivity index (χ2n) is 4.93. The average Bonchev–Trinajstić information content (AvgIpc) is 2.83. The Hall–Kier alpha value is -1.39. The molecule has 1 N–H and O–H groups in total. The minimum Gasteiger partial charge on any atom is -0.301 e. The predicted molar refractivity (Wildman–Crippen MR) is 73.5 cm³/mol. The zero-order chi connectivity index (χ0) is 12.4. The van der Waals surface area contributed by atoms with Crippen molar-refractivity contribution in [1.82, 2.24) is 20.0 Å². The molecule has 96 valence electrons. The topological polar surface area (TPSA) is 35.2 Å². The van der Waals surface area contributed by atoms with Crippen LogP contribution in [0.1, 0.15) is 12.6 Å². The Morgan fingerprint density at radius 1 is 1.11 bits per heavy atom. The van der Waals surface area contributed by atoms with Crippen molar-refractivity contribution >= 4 is 10.9 Å². The maximum atomic E-state index is 4.45. The van der Waals surface area contributed by atoms with Crippen LogP contribution in [0.4, 0.5) is 0 Å². The van der Waals surface area contributed by atoms with E-state index >= 15 is 0 Å². The Morgan fingerprint density at radius 2 is 1.83 bits per heavy atom. The molecule has 1 aromatic carbocycles. The van der Waals surface area contributed by atoms with Crippen molar-refractivity contribution < 1.29 is 0 Å². The van der Waals surface area contributed by atoms with Crippen LogP contribution in [-0.4, -0.2) is 52.7 Å². The zero-order valence-corrected chi connectivity index (χ0v) is 10.9. The van der Waals surface area contributed by atoms with Crippen LogP contribution in [0.2, 0.25) is 0 Å². The van der Waals surface area contributed by atoms with E-state index in [9.17, 15) is 0 Å². The van der Waals surface area contributed by atoms with Gasteiger partial charge >= 0.3 is 0 Å². The number of aromatic nitrogens is 2. The van der Waals surface area contributed by atoms with Gasteiger partial charge in [0.1, 0.15) is 0 Å². The van der Waals surface area contributed by atoms with Crippen molar-refractivity contribution in [3.05, 3.63) is 30.0 Å². The molecule has 1 aromatic heterocycles. The van der Waals surface area contributed by atoms with E-state index in [4.69, 9.17) is 0 Å². The lowest BCUT2D eigenvalue weighted by Crippen LogP contribution is -2.45. The molecule has 1 aliphatic heterocycles. The molecular formula is C14H20N4. The quantitative estimate of drug-likeness (QED) is 0.892. The van der Waals surface area contributed by atoms with Gasteiger partial charge in [-0.05, 0) is 12.6 Å². The molecule has 0 amide bonds. The van der Waals surface area contributed by atoms with Crippen molar-refractivity contribution in [2.24, 2.45) is 0 Å². The molecule has 1 aliphatic rings. The summed E-state index contributed by atoms with van der Waals surface area (Å²) in [7, 11) is 0. The molecule has 2 heterocycles. The fraction of sp³-hybridized carbons (Fsp3) is 0.500. The number of hydrogen-bond donors (Lipinski definition) is 1. The summed E-state index contributed by atoms with van der Waals surface area (Å²) in [4.78, 5) is 4.99. The van der Waals surface area contributed by atoms with Crippen molar-refractivity contribution in [3.63, 3.8) is 0 Å². The van der Waals surface area contributed by atoms with Crippen LogP contribution in [0.3, 0.4) is 0 Å². The molecule has 0 aliphatic carbocycles. The monoisotopic (exact) mass is 244 g/mol. The van der Waals surface area contributed by atoms with Crippen molar-refractivity contribution in [2.45, 2.75) is 13.5 Å². The van der Waals surface area contributed by atoms with Crippen LogP contribution in [0.25, 0.3) is 10.9 Å². The van der Waals surface area contributed by atoms with Crippen LogP contribution >= 0.6 is 0 Å². The van der Waals surface area contributed by atoms with Gasteiger partial charge in [0.25, 0.3) is 0 Å². The Morgan fingerprint density at radius 3 is 2.61 bits per heavy atom. The highest BCUT2D eigenvalue weighted by Gasteiger charge is 2.17. The van der Waals surface area contributed by atoms with E-state index in [1.807, 2.05) is 6.07 Å². The first-order chi connectivity index (χ1) is 8.86. The fourth-order valence-corrected chi connectivity index (χ4v) is 2.62. The molecule has 1 saturated heterocycles. The number of nitrogens with zero attached hydrogens (tertiary/aromatic N) is 3. The normalized spacial score (nSPS) is 18.5. The van der Waals surface area contributed by atoms with E-state index in [0.717, 1.165) is 25.2 Å². The van der Waals surface area contributed by atoms with E-state index < -0.39 is 0 Å². The molecule has 4 nitrogen and oxygen atoms in total. The van der Waals surface area contributed by atoms with Gasteiger partial charge in [-0.25, -0.2) is 0 Å². The summed E-state index contributed by atoms with van der Waals surface area (Å²) in [5, 5.41) is 8.82. The fourth-order valence-electron chi connectivity index (χ4n) is 2.62. The molecule has 0 spiro atoms. The summed E-state index contributed by atoms with van der Waals surface area (Å²) in [6, 6.07) is 8.36. The molecule has 1 fully saturated rings. The van der Waals surface area contributed by atoms with Gasteiger partial charge in [-0.15, -0.1) is 0 Å². The summed E-state index contributed by atoms with van der Waals surface area (Å²) in [6.07, 6.45) is 0. The van der Waals surface area contributed by atoms with Gasteiger partial charge in [0.2, 0.25) is 0 Å². The molecular weight excluding hydrogens is 224 g/mol. The number of para-hydroxylation sites is 1. The molecule has 0 saturated carbocycles. The lowest BCUT2D eigenvalue weighted by atomic mass is 10.2. The van der Waals surface area contributed by atoms with Crippen LogP contribution in [0.15, 0.2) is 24.3 Å². The van der Waals surface area contributed by atoms with Gasteiger partial charge in [0, 0.05) is 38.1 Å². The number of piperazine rings is 1. The lowest BCUT2D eigenvalue weighted by molar-refractivity contribution is 0.131. The van der Waals surface area contributed by atoms with Crippen molar-refractivity contribution in [3.8, 4) is 0 Å². The molecule has 0 bridgehead atoms. The summed E-state index contributed by atoms with van der Waals surface area (Å²) in [6.45, 7) is 9.01. The molecule has 4 heteroatoms. The summed E-state index contributed by atoms with van der Waals surface area (Å²) >= 11 is 0. The number of rotatable bonds is 3. The maximum Gasteiger partial charge on any atom is 0.0840 e. The standard InChI is InChI=1S/C14H20N4/c1-2-17-7-9-18(10-8-17)11-14-12-5-3-4-6-13(12)15-16-14/h3-6H,2,7-11H2,1H3,(H,15,16). The Balaban J connectivity index is 1.70. The molecule has 0 radical (unpaired) electrons.